The fraction of sp³-hybridized carbons (Fsp3) is 0.667. The third-order valence-corrected chi connectivity index (χ3v) is 5.03. The summed E-state index contributed by atoms with van der Waals surface area (Å²) in [4.78, 5) is 20.9. The van der Waals surface area contributed by atoms with E-state index in [-0.39, 0.29) is 18.7 Å². The highest BCUT2D eigenvalue weighted by atomic mass is 16.3. The second kappa shape index (κ2) is 8.33. The van der Waals surface area contributed by atoms with Gasteiger partial charge in [-0.2, -0.15) is 0 Å². The van der Waals surface area contributed by atoms with Crippen molar-refractivity contribution in [2.75, 3.05) is 31.1 Å². The molecule has 2 saturated heterocycles. The first-order valence-corrected chi connectivity index (χ1v) is 9.13. The Kier molecular flexibility index (Phi) is 5.91. The second-order valence-corrected chi connectivity index (χ2v) is 6.76. The van der Waals surface area contributed by atoms with Crippen molar-refractivity contribution in [3.8, 4) is 0 Å². The van der Waals surface area contributed by atoms with E-state index < -0.39 is 0 Å². The summed E-state index contributed by atoms with van der Waals surface area (Å²) < 4.78 is 0. The zero-order valence-corrected chi connectivity index (χ0v) is 14.3. The molecule has 24 heavy (non-hydrogen) atoms. The number of carbonyl (C=O) groups is 1. The van der Waals surface area contributed by atoms with E-state index in [9.17, 15) is 9.90 Å². The van der Waals surface area contributed by atoms with Crippen LogP contribution in [0.3, 0.4) is 0 Å². The van der Waals surface area contributed by atoms with Crippen LogP contribution >= 0.6 is 0 Å². The highest BCUT2D eigenvalue weighted by Crippen LogP contribution is 2.18. The van der Waals surface area contributed by atoms with Gasteiger partial charge >= 0.3 is 6.03 Å². The van der Waals surface area contributed by atoms with Gasteiger partial charge < -0.3 is 20.2 Å². The van der Waals surface area contributed by atoms with Gasteiger partial charge in [0.05, 0.1) is 12.6 Å². The minimum Gasteiger partial charge on any atom is -0.394 e. The van der Waals surface area contributed by atoms with Gasteiger partial charge in [-0.25, -0.2) is 9.78 Å². The zero-order valence-electron chi connectivity index (χ0n) is 14.3. The molecule has 1 atom stereocenters. The Bertz CT molecular complexity index is 526. The molecule has 3 rings (SSSR count). The van der Waals surface area contributed by atoms with Crippen LogP contribution in [0.25, 0.3) is 0 Å². The van der Waals surface area contributed by atoms with Crippen molar-refractivity contribution in [3.63, 3.8) is 0 Å². The molecule has 2 amide bonds. The smallest absolute Gasteiger partial charge is 0.317 e. The van der Waals surface area contributed by atoms with E-state index in [1.54, 1.807) is 4.90 Å². The van der Waals surface area contributed by atoms with Crippen LogP contribution < -0.4 is 10.2 Å². The number of aliphatic hydroxyl groups is 1. The standard InChI is InChI=1S/C18H28N4O2/c23-14-16-6-5-11-22(16)18(24)20-13-15-7-8-17(19-12-15)21-9-3-1-2-4-10-21/h7-8,12,16,23H,1-6,9-11,13-14H2,(H,20,24). The number of aliphatic hydroxyl groups excluding tert-OH is 1. The maximum atomic E-state index is 12.2. The average molecular weight is 332 g/mol. The van der Waals surface area contributed by atoms with Gasteiger partial charge in [-0.3, -0.25) is 0 Å². The van der Waals surface area contributed by atoms with E-state index in [4.69, 9.17) is 0 Å². The minimum atomic E-state index is -0.0943. The van der Waals surface area contributed by atoms with Gasteiger partial charge in [0.1, 0.15) is 5.82 Å². The lowest BCUT2D eigenvalue weighted by Gasteiger charge is -2.23. The molecular formula is C18H28N4O2. The molecule has 2 N–H and O–H groups in total. The number of hydrogen-bond donors (Lipinski definition) is 2. The summed E-state index contributed by atoms with van der Waals surface area (Å²) in [6, 6.07) is 3.97. The van der Waals surface area contributed by atoms with Crippen molar-refractivity contribution in [1.29, 1.82) is 0 Å². The van der Waals surface area contributed by atoms with Gasteiger partial charge in [-0.15, -0.1) is 0 Å². The van der Waals surface area contributed by atoms with Gasteiger partial charge in [0, 0.05) is 32.4 Å². The Hall–Kier alpha value is -1.82. The quantitative estimate of drug-likeness (QED) is 0.886. The van der Waals surface area contributed by atoms with Crippen LogP contribution in [0.2, 0.25) is 0 Å². The molecule has 6 heteroatoms. The second-order valence-electron chi connectivity index (χ2n) is 6.76. The van der Waals surface area contributed by atoms with Crippen LogP contribution in [0.15, 0.2) is 18.3 Å². The Morgan fingerprint density at radius 1 is 1.17 bits per heavy atom. The average Bonchev–Trinajstić information content (AvgIpc) is 2.94. The zero-order chi connectivity index (χ0) is 16.8. The highest BCUT2D eigenvalue weighted by Gasteiger charge is 2.27. The number of rotatable bonds is 4. The number of hydrogen-bond acceptors (Lipinski definition) is 4. The van der Waals surface area contributed by atoms with Crippen molar-refractivity contribution in [1.82, 2.24) is 15.2 Å². The summed E-state index contributed by atoms with van der Waals surface area (Å²) in [5.41, 5.74) is 1.00. The maximum absolute atomic E-state index is 12.2. The normalized spacial score (nSPS) is 21.6. The first-order chi connectivity index (χ1) is 11.8. The number of likely N-dealkylation sites (tertiary alicyclic amines) is 1. The number of anilines is 1. The molecule has 1 aromatic rings. The van der Waals surface area contributed by atoms with Crippen LogP contribution in [0.4, 0.5) is 10.6 Å². The lowest BCUT2D eigenvalue weighted by Crippen LogP contribution is -2.43. The monoisotopic (exact) mass is 332 g/mol. The number of amides is 2. The van der Waals surface area contributed by atoms with E-state index in [2.05, 4.69) is 21.3 Å². The number of pyridine rings is 1. The van der Waals surface area contributed by atoms with Crippen LogP contribution in [0, 0.1) is 0 Å². The van der Waals surface area contributed by atoms with E-state index in [0.717, 1.165) is 43.9 Å². The van der Waals surface area contributed by atoms with Crippen molar-refractivity contribution < 1.29 is 9.90 Å². The third-order valence-electron chi connectivity index (χ3n) is 5.03. The van der Waals surface area contributed by atoms with Gasteiger partial charge in [0.15, 0.2) is 0 Å². The van der Waals surface area contributed by atoms with Crippen LogP contribution in [0.1, 0.15) is 44.1 Å². The Morgan fingerprint density at radius 2 is 1.96 bits per heavy atom. The van der Waals surface area contributed by atoms with Gasteiger partial charge in [-0.05, 0) is 37.3 Å². The Balaban J connectivity index is 1.51. The third kappa shape index (κ3) is 4.17. The van der Waals surface area contributed by atoms with Gasteiger partial charge in [-0.1, -0.05) is 18.9 Å². The molecule has 2 fully saturated rings. The number of nitrogens with one attached hydrogen (secondary N) is 1. The van der Waals surface area contributed by atoms with E-state index in [0.29, 0.717) is 6.54 Å². The number of carbonyl (C=O) groups excluding carboxylic acids is 1. The molecular weight excluding hydrogens is 304 g/mol. The first-order valence-electron chi connectivity index (χ1n) is 9.13. The summed E-state index contributed by atoms with van der Waals surface area (Å²) in [6.45, 7) is 3.41. The molecule has 0 radical (unpaired) electrons. The number of aromatic nitrogens is 1. The maximum Gasteiger partial charge on any atom is 0.317 e. The molecule has 6 nitrogen and oxygen atoms in total. The van der Waals surface area contributed by atoms with Crippen molar-refractivity contribution >= 4 is 11.8 Å². The Morgan fingerprint density at radius 3 is 2.62 bits per heavy atom. The summed E-state index contributed by atoms with van der Waals surface area (Å²) in [5, 5.41) is 12.2. The largest absolute Gasteiger partial charge is 0.394 e. The summed E-state index contributed by atoms with van der Waals surface area (Å²) >= 11 is 0. The van der Waals surface area contributed by atoms with Crippen molar-refractivity contribution in [3.05, 3.63) is 23.9 Å². The molecule has 132 valence electrons. The van der Waals surface area contributed by atoms with E-state index >= 15 is 0 Å². The molecule has 0 spiro atoms. The first kappa shape index (κ1) is 17.0. The summed E-state index contributed by atoms with van der Waals surface area (Å²) in [6.07, 6.45) is 8.80. The van der Waals surface area contributed by atoms with Crippen LogP contribution in [-0.4, -0.2) is 53.3 Å². The van der Waals surface area contributed by atoms with Crippen LogP contribution in [0.5, 0.6) is 0 Å². The number of urea groups is 1. The fourth-order valence-corrected chi connectivity index (χ4v) is 3.58. The van der Waals surface area contributed by atoms with E-state index in [1.165, 1.54) is 25.7 Å². The molecule has 3 heterocycles. The molecule has 0 saturated carbocycles. The molecule has 0 aromatic carbocycles. The van der Waals surface area contributed by atoms with Crippen molar-refractivity contribution in [2.45, 2.75) is 51.1 Å². The molecule has 2 aliphatic heterocycles. The molecule has 0 bridgehead atoms. The molecule has 0 aliphatic carbocycles. The summed E-state index contributed by atoms with van der Waals surface area (Å²) in [5.74, 6) is 1.03. The topological polar surface area (TPSA) is 68.7 Å². The predicted molar refractivity (Wildman–Crippen MR) is 94.0 cm³/mol. The highest BCUT2D eigenvalue weighted by molar-refractivity contribution is 5.74. The molecule has 1 unspecified atom stereocenters. The SMILES string of the molecule is O=C(NCc1ccc(N2CCCCCC2)nc1)N1CCCC1CO. The Labute approximate surface area is 143 Å². The lowest BCUT2D eigenvalue weighted by molar-refractivity contribution is 0.157. The molecule has 2 aliphatic rings. The predicted octanol–water partition coefficient (Wildman–Crippen LogP) is 2.13. The van der Waals surface area contributed by atoms with E-state index in [1.807, 2.05) is 12.3 Å². The van der Waals surface area contributed by atoms with Crippen LogP contribution in [-0.2, 0) is 6.54 Å². The lowest BCUT2D eigenvalue weighted by atomic mass is 10.2. The number of nitrogens with zero attached hydrogens (tertiary/aromatic N) is 3. The van der Waals surface area contributed by atoms with Gasteiger partial charge in [0.25, 0.3) is 0 Å². The van der Waals surface area contributed by atoms with Gasteiger partial charge in [0.2, 0.25) is 0 Å². The summed E-state index contributed by atoms with van der Waals surface area (Å²) in [7, 11) is 0. The minimum absolute atomic E-state index is 0.0338. The van der Waals surface area contributed by atoms with Crippen molar-refractivity contribution in [2.24, 2.45) is 0 Å². The fourth-order valence-electron chi connectivity index (χ4n) is 3.58. The molecule has 1 aromatic heterocycles.